The van der Waals surface area contributed by atoms with Crippen LogP contribution in [0.3, 0.4) is 0 Å². The Bertz CT molecular complexity index is 458. The maximum absolute atomic E-state index is 11.8. The van der Waals surface area contributed by atoms with Gasteiger partial charge in [0.25, 0.3) is 0 Å². The monoisotopic (exact) mass is 249 g/mol. The second-order valence-corrected chi connectivity index (χ2v) is 5.05. The minimum Gasteiger partial charge on any atom is -0.480 e. The third kappa shape index (κ3) is 1.68. The van der Waals surface area contributed by atoms with E-state index in [2.05, 4.69) is 0 Å². The SMILES string of the molecule is CCC1=CSC(N)C1(C(=O)O)c1ccccc1. The van der Waals surface area contributed by atoms with Gasteiger partial charge in [-0.1, -0.05) is 37.3 Å². The normalized spacial score (nSPS) is 27.9. The van der Waals surface area contributed by atoms with Crippen molar-refractivity contribution >= 4 is 17.7 Å². The first-order chi connectivity index (χ1) is 8.14. The number of aliphatic carboxylic acids is 1. The van der Waals surface area contributed by atoms with Gasteiger partial charge in [0.15, 0.2) is 0 Å². The average molecular weight is 249 g/mol. The van der Waals surface area contributed by atoms with Crippen LogP contribution in [0, 0.1) is 0 Å². The molecule has 3 nitrogen and oxygen atoms in total. The van der Waals surface area contributed by atoms with E-state index in [1.165, 1.54) is 11.8 Å². The number of carbonyl (C=O) groups is 1. The molecule has 1 aliphatic rings. The maximum atomic E-state index is 11.8. The molecule has 1 aliphatic heterocycles. The highest BCUT2D eigenvalue weighted by atomic mass is 32.2. The zero-order valence-corrected chi connectivity index (χ0v) is 10.4. The Morgan fingerprint density at radius 3 is 2.65 bits per heavy atom. The molecule has 0 spiro atoms. The molecule has 0 bridgehead atoms. The van der Waals surface area contributed by atoms with Gasteiger partial charge in [-0.05, 0) is 23.0 Å². The summed E-state index contributed by atoms with van der Waals surface area (Å²) in [5.74, 6) is -0.866. The molecule has 3 N–H and O–H groups in total. The van der Waals surface area contributed by atoms with Crippen molar-refractivity contribution in [2.24, 2.45) is 5.73 Å². The van der Waals surface area contributed by atoms with Crippen LogP contribution in [0.25, 0.3) is 0 Å². The summed E-state index contributed by atoms with van der Waals surface area (Å²) in [6, 6.07) is 9.25. The number of nitrogens with two attached hydrogens (primary N) is 1. The van der Waals surface area contributed by atoms with Crippen LogP contribution in [0.4, 0.5) is 0 Å². The Balaban J connectivity index is 2.61. The molecular formula is C13H15NO2S. The van der Waals surface area contributed by atoms with Crippen LogP contribution in [0.5, 0.6) is 0 Å². The summed E-state index contributed by atoms with van der Waals surface area (Å²) in [4.78, 5) is 11.8. The van der Waals surface area contributed by atoms with Gasteiger partial charge in [-0.15, -0.1) is 11.8 Å². The molecule has 4 heteroatoms. The molecular weight excluding hydrogens is 234 g/mol. The van der Waals surface area contributed by atoms with Crippen LogP contribution in [-0.2, 0) is 10.2 Å². The predicted molar refractivity (Wildman–Crippen MR) is 69.7 cm³/mol. The maximum Gasteiger partial charge on any atom is 0.320 e. The van der Waals surface area contributed by atoms with Gasteiger partial charge in [0.1, 0.15) is 5.41 Å². The number of thioether (sulfide) groups is 1. The molecule has 0 saturated carbocycles. The molecule has 0 amide bonds. The van der Waals surface area contributed by atoms with Gasteiger partial charge in [-0.3, -0.25) is 4.79 Å². The fourth-order valence-corrected chi connectivity index (χ4v) is 3.58. The largest absolute Gasteiger partial charge is 0.480 e. The molecule has 1 heterocycles. The van der Waals surface area contributed by atoms with E-state index < -0.39 is 16.8 Å². The number of hydrogen-bond donors (Lipinski definition) is 2. The second-order valence-electron chi connectivity index (χ2n) is 4.03. The van der Waals surface area contributed by atoms with E-state index in [1.54, 1.807) is 0 Å². The number of rotatable bonds is 3. The van der Waals surface area contributed by atoms with Crippen molar-refractivity contribution in [3.8, 4) is 0 Å². The van der Waals surface area contributed by atoms with Gasteiger partial charge >= 0.3 is 5.97 Å². The molecule has 0 aromatic heterocycles. The quantitative estimate of drug-likeness (QED) is 0.863. The van der Waals surface area contributed by atoms with Crippen molar-refractivity contribution in [1.29, 1.82) is 0 Å². The van der Waals surface area contributed by atoms with Gasteiger partial charge in [0.05, 0.1) is 5.37 Å². The van der Waals surface area contributed by atoms with Gasteiger partial charge < -0.3 is 10.8 Å². The van der Waals surface area contributed by atoms with Crippen LogP contribution in [0.1, 0.15) is 18.9 Å². The van der Waals surface area contributed by atoms with E-state index in [4.69, 9.17) is 5.73 Å². The van der Waals surface area contributed by atoms with E-state index in [0.717, 1.165) is 11.1 Å². The van der Waals surface area contributed by atoms with Crippen molar-refractivity contribution in [3.05, 3.63) is 46.9 Å². The fraction of sp³-hybridized carbons (Fsp3) is 0.308. The number of carboxylic acid groups (broad SMARTS) is 1. The highest BCUT2D eigenvalue weighted by Crippen LogP contribution is 2.47. The van der Waals surface area contributed by atoms with Crippen LogP contribution < -0.4 is 5.73 Å². The first-order valence-corrected chi connectivity index (χ1v) is 6.47. The minimum atomic E-state index is -1.07. The van der Waals surface area contributed by atoms with Gasteiger partial charge in [0, 0.05) is 0 Å². The van der Waals surface area contributed by atoms with Crippen molar-refractivity contribution < 1.29 is 9.90 Å². The molecule has 2 rings (SSSR count). The molecule has 0 radical (unpaired) electrons. The third-order valence-corrected chi connectivity index (χ3v) is 4.30. The summed E-state index contributed by atoms with van der Waals surface area (Å²) in [5, 5.41) is 11.1. The van der Waals surface area contributed by atoms with Gasteiger partial charge in [-0.25, -0.2) is 0 Å². The first kappa shape index (κ1) is 12.2. The lowest BCUT2D eigenvalue weighted by Crippen LogP contribution is -2.48. The molecule has 2 atom stereocenters. The lowest BCUT2D eigenvalue weighted by atomic mass is 9.73. The van der Waals surface area contributed by atoms with E-state index in [0.29, 0.717) is 6.42 Å². The smallest absolute Gasteiger partial charge is 0.320 e. The lowest BCUT2D eigenvalue weighted by molar-refractivity contribution is -0.142. The summed E-state index contributed by atoms with van der Waals surface area (Å²) in [6.07, 6.45) is 0.696. The van der Waals surface area contributed by atoms with Crippen molar-refractivity contribution in [2.75, 3.05) is 0 Å². The van der Waals surface area contributed by atoms with E-state index in [9.17, 15) is 9.90 Å². The minimum absolute atomic E-state index is 0.461. The first-order valence-electron chi connectivity index (χ1n) is 5.53. The summed E-state index contributed by atoms with van der Waals surface area (Å²) in [7, 11) is 0. The number of benzene rings is 1. The molecule has 90 valence electrons. The van der Waals surface area contributed by atoms with E-state index in [-0.39, 0.29) is 0 Å². The predicted octanol–water partition coefficient (Wildman–Crippen LogP) is 2.33. The topological polar surface area (TPSA) is 63.3 Å². The summed E-state index contributed by atoms with van der Waals surface area (Å²) in [6.45, 7) is 1.96. The molecule has 2 unspecified atom stereocenters. The Morgan fingerprint density at radius 1 is 1.47 bits per heavy atom. The number of hydrogen-bond acceptors (Lipinski definition) is 3. The summed E-state index contributed by atoms with van der Waals surface area (Å²) < 4.78 is 0. The fourth-order valence-electron chi connectivity index (χ4n) is 2.33. The molecule has 0 saturated heterocycles. The third-order valence-electron chi connectivity index (χ3n) is 3.24. The van der Waals surface area contributed by atoms with Crippen LogP contribution in [-0.4, -0.2) is 16.4 Å². The molecule has 1 aromatic rings. The Kier molecular flexibility index (Phi) is 3.26. The number of carboxylic acids is 1. The van der Waals surface area contributed by atoms with Gasteiger partial charge in [-0.2, -0.15) is 0 Å². The molecule has 0 fully saturated rings. The highest BCUT2D eigenvalue weighted by Gasteiger charge is 2.51. The van der Waals surface area contributed by atoms with Gasteiger partial charge in [0.2, 0.25) is 0 Å². The average Bonchev–Trinajstić information content (AvgIpc) is 2.68. The van der Waals surface area contributed by atoms with Crippen LogP contribution in [0.2, 0.25) is 0 Å². The lowest BCUT2D eigenvalue weighted by Gasteiger charge is -2.31. The zero-order chi connectivity index (χ0) is 12.5. The molecule has 17 heavy (non-hydrogen) atoms. The Hall–Kier alpha value is -1.26. The standard InChI is InChI=1S/C13H15NO2S/c1-2-9-8-17-11(14)13(9,12(15)16)10-6-4-3-5-7-10/h3-8,11H,2,14H2,1H3,(H,15,16). The summed E-state index contributed by atoms with van der Waals surface area (Å²) in [5.41, 5.74) is 6.62. The molecule has 0 aliphatic carbocycles. The Labute approximate surface area is 105 Å². The summed E-state index contributed by atoms with van der Waals surface area (Å²) >= 11 is 1.39. The highest BCUT2D eigenvalue weighted by molar-refractivity contribution is 8.03. The van der Waals surface area contributed by atoms with Crippen LogP contribution >= 0.6 is 11.8 Å². The van der Waals surface area contributed by atoms with Crippen molar-refractivity contribution in [2.45, 2.75) is 24.1 Å². The van der Waals surface area contributed by atoms with E-state index in [1.807, 2.05) is 42.7 Å². The van der Waals surface area contributed by atoms with Crippen LogP contribution in [0.15, 0.2) is 41.3 Å². The van der Waals surface area contributed by atoms with Crippen molar-refractivity contribution in [3.63, 3.8) is 0 Å². The molecule has 1 aromatic carbocycles. The second kappa shape index (κ2) is 4.55. The zero-order valence-electron chi connectivity index (χ0n) is 9.59. The Morgan fingerprint density at radius 2 is 2.12 bits per heavy atom. The van der Waals surface area contributed by atoms with E-state index >= 15 is 0 Å². The van der Waals surface area contributed by atoms with Crippen molar-refractivity contribution in [1.82, 2.24) is 0 Å².